The fraction of sp³-hybridized carbons (Fsp3) is 0.364. The van der Waals surface area contributed by atoms with Crippen LogP contribution >= 0.6 is 27.5 Å². The van der Waals surface area contributed by atoms with Crippen LogP contribution in [0.5, 0.6) is 0 Å². The zero-order chi connectivity index (χ0) is 12.3. The van der Waals surface area contributed by atoms with E-state index in [1.807, 2.05) is 6.92 Å². The van der Waals surface area contributed by atoms with Gasteiger partial charge in [0.1, 0.15) is 0 Å². The van der Waals surface area contributed by atoms with Crippen LogP contribution in [0.1, 0.15) is 17.3 Å². The minimum atomic E-state index is -0.0462. The van der Waals surface area contributed by atoms with Gasteiger partial charge in [-0.25, -0.2) is 0 Å². The van der Waals surface area contributed by atoms with E-state index in [9.17, 15) is 4.79 Å². The number of nitrogens with zero attached hydrogens (tertiary/aromatic N) is 1. The zero-order valence-electron chi connectivity index (χ0n) is 9.47. The van der Waals surface area contributed by atoms with E-state index in [0.717, 1.165) is 10.2 Å². The van der Waals surface area contributed by atoms with Crippen LogP contribution in [-0.2, 0) is 0 Å². The molecule has 1 aromatic carbocycles. The summed E-state index contributed by atoms with van der Waals surface area (Å²) in [6.07, 6.45) is 0. The van der Waals surface area contributed by atoms with Crippen molar-refractivity contribution in [3.05, 3.63) is 27.2 Å². The summed E-state index contributed by atoms with van der Waals surface area (Å²) < 4.78 is 0.787. The molecule has 0 aliphatic rings. The van der Waals surface area contributed by atoms with Gasteiger partial charge in [-0.05, 0) is 35.0 Å². The van der Waals surface area contributed by atoms with E-state index < -0.39 is 0 Å². The molecule has 0 saturated carbocycles. The lowest BCUT2D eigenvalue weighted by molar-refractivity contribution is 0.0803. The molecule has 5 heteroatoms. The third-order valence-corrected chi connectivity index (χ3v) is 3.20. The summed E-state index contributed by atoms with van der Waals surface area (Å²) >= 11 is 9.32. The van der Waals surface area contributed by atoms with E-state index in [0.29, 0.717) is 17.1 Å². The number of anilines is 1. The fourth-order valence-corrected chi connectivity index (χ4v) is 2.35. The number of benzene rings is 1. The lowest BCUT2D eigenvalue weighted by Crippen LogP contribution is -2.27. The first kappa shape index (κ1) is 13.3. The highest BCUT2D eigenvalue weighted by Crippen LogP contribution is 2.30. The molecule has 0 aromatic heterocycles. The fourth-order valence-electron chi connectivity index (χ4n) is 1.35. The zero-order valence-corrected chi connectivity index (χ0v) is 11.8. The summed E-state index contributed by atoms with van der Waals surface area (Å²) in [5.74, 6) is -0.0462. The number of rotatable bonds is 3. The molecule has 0 saturated heterocycles. The second-order valence-electron chi connectivity index (χ2n) is 3.38. The number of hydrogen-bond donors (Lipinski definition) is 1. The topological polar surface area (TPSA) is 32.3 Å². The number of amides is 1. The maximum Gasteiger partial charge on any atom is 0.255 e. The first-order valence-electron chi connectivity index (χ1n) is 4.93. The van der Waals surface area contributed by atoms with Gasteiger partial charge in [-0.15, -0.1) is 0 Å². The van der Waals surface area contributed by atoms with E-state index >= 15 is 0 Å². The monoisotopic (exact) mass is 304 g/mol. The smallest absolute Gasteiger partial charge is 0.255 e. The maximum atomic E-state index is 12.1. The third-order valence-electron chi connectivity index (χ3n) is 2.36. The molecule has 1 N–H and O–H groups in total. The molecule has 0 unspecified atom stereocenters. The Kier molecular flexibility index (Phi) is 4.62. The minimum Gasteiger partial charge on any atom is -0.387 e. The normalized spacial score (nSPS) is 10.1. The average Bonchev–Trinajstić information content (AvgIpc) is 2.26. The summed E-state index contributed by atoms with van der Waals surface area (Å²) in [5.41, 5.74) is 1.33. The van der Waals surface area contributed by atoms with E-state index in [1.54, 1.807) is 31.1 Å². The lowest BCUT2D eigenvalue weighted by atomic mass is 10.1. The van der Waals surface area contributed by atoms with Crippen LogP contribution < -0.4 is 5.32 Å². The molecule has 0 heterocycles. The molecule has 16 heavy (non-hydrogen) atoms. The Labute approximate surface area is 109 Å². The Bertz CT molecular complexity index is 409. The molecule has 1 amide bonds. The highest BCUT2D eigenvalue weighted by atomic mass is 79.9. The van der Waals surface area contributed by atoms with Gasteiger partial charge in [0.15, 0.2) is 0 Å². The van der Waals surface area contributed by atoms with Crippen molar-refractivity contribution in [1.29, 1.82) is 0 Å². The highest BCUT2D eigenvalue weighted by Gasteiger charge is 2.17. The number of carbonyl (C=O) groups excluding carboxylic acids is 1. The molecule has 0 fully saturated rings. The van der Waals surface area contributed by atoms with Crippen molar-refractivity contribution in [2.24, 2.45) is 0 Å². The molecule has 0 radical (unpaired) electrons. The number of nitrogens with one attached hydrogen (secondary N) is 1. The molecule has 0 aliphatic heterocycles. The van der Waals surface area contributed by atoms with E-state index in [-0.39, 0.29) is 5.91 Å². The van der Waals surface area contributed by atoms with Crippen molar-refractivity contribution in [3.63, 3.8) is 0 Å². The predicted molar refractivity (Wildman–Crippen MR) is 71.3 cm³/mol. The number of carbonyl (C=O) groups is 1. The van der Waals surface area contributed by atoms with Gasteiger partial charge in [-0.3, -0.25) is 4.79 Å². The predicted octanol–water partition coefficient (Wildman–Crippen LogP) is 3.24. The van der Waals surface area contributed by atoms with E-state index in [1.165, 1.54) is 0 Å². The maximum absolute atomic E-state index is 12.1. The molecule has 1 aromatic rings. The molecule has 0 spiro atoms. The van der Waals surface area contributed by atoms with Crippen LogP contribution in [-0.4, -0.2) is 31.4 Å². The van der Waals surface area contributed by atoms with Crippen molar-refractivity contribution in [2.75, 3.05) is 26.0 Å². The summed E-state index contributed by atoms with van der Waals surface area (Å²) in [4.78, 5) is 13.7. The number of hydrogen-bond acceptors (Lipinski definition) is 2. The molecular weight excluding hydrogens is 291 g/mol. The molecule has 0 aliphatic carbocycles. The molecule has 0 atom stereocenters. The summed E-state index contributed by atoms with van der Waals surface area (Å²) in [5, 5.41) is 3.54. The Morgan fingerprint density at radius 1 is 1.56 bits per heavy atom. The van der Waals surface area contributed by atoms with Gasteiger partial charge >= 0.3 is 0 Å². The van der Waals surface area contributed by atoms with Crippen molar-refractivity contribution in [1.82, 2.24) is 4.90 Å². The second kappa shape index (κ2) is 5.55. The Balaban J connectivity index is 3.26. The van der Waals surface area contributed by atoms with Gasteiger partial charge < -0.3 is 10.2 Å². The summed E-state index contributed by atoms with van der Waals surface area (Å²) in [6, 6.07) is 3.43. The van der Waals surface area contributed by atoms with Gasteiger partial charge in [0.05, 0.1) is 11.3 Å². The molecule has 0 bridgehead atoms. The first-order chi connectivity index (χ1) is 7.51. The highest BCUT2D eigenvalue weighted by molar-refractivity contribution is 9.10. The molecule has 88 valence electrons. The van der Waals surface area contributed by atoms with Gasteiger partial charge in [0, 0.05) is 30.1 Å². The SMILES string of the molecule is CCN(C)C(=O)c1cc(Cl)cc(Br)c1NC. The van der Waals surface area contributed by atoms with Crippen molar-refractivity contribution < 1.29 is 4.79 Å². The Morgan fingerprint density at radius 3 is 2.69 bits per heavy atom. The van der Waals surface area contributed by atoms with Crippen molar-refractivity contribution in [3.8, 4) is 0 Å². The van der Waals surface area contributed by atoms with Gasteiger partial charge in [-0.2, -0.15) is 0 Å². The number of halogens is 2. The molecule has 1 rings (SSSR count). The van der Waals surface area contributed by atoms with E-state index in [4.69, 9.17) is 11.6 Å². The average molecular weight is 306 g/mol. The van der Waals surface area contributed by atoms with Gasteiger partial charge in [0.2, 0.25) is 0 Å². The van der Waals surface area contributed by atoms with Crippen LogP contribution in [0.3, 0.4) is 0 Å². The van der Waals surface area contributed by atoms with Gasteiger partial charge in [-0.1, -0.05) is 11.6 Å². The van der Waals surface area contributed by atoms with Crippen LogP contribution in [0.25, 0.3) is 0 Å². The summed E-state index contributed by atoms with van der Waals surface area (Å²) in [7, 11) is 3.54. The van der Waals surface area contributed by atoms with Crippen LogP contribution in [0.4, 0.5) is 5.69 Å². The molecule has 3 nitrogen and oxygen atoms in total. The van der Waals surface area contributed by atoms with Gasteiger partial charge in [0.25, 0.3) is 5.91 Å². The van der Waals surface area contributed by atoms with Crippen molar-refractivity contribution in [2.45, 2.75) is 6.92 Å². The Hall–Kier alpha value is -0.740. The quantitative estimate of drug-likeness (QED) is 0.930. The van der Waals surface area contributed by atoms with Crippen LogP contribution in [0, 0.1) is 0 Å². The standard InChI is InChI=1S/C11H14BrClN2O/c1-4-15(3)11(16)8-5-7(13)6-9(12)10(8)14-2/h5-6,14H,4H2,1-3H3. The largest absolute Gasteiger partial charge is 0.387 e. The van der Waals surface area contributed by atoms with Crippen LogP contribution in [0.15, 0.2) is 16.6 Å². The van der Waals surface area contributed by atoms with E-state index in [2.05, 4.69) is 21.2 Å². The first-order valence-corrected chi connectivity index (χ1v) is 6.10. The van der Waals surface area contributed by atoms with Crippen molar-refractivity contribution >= 4 is 39.1 Å². The van der Waals surface area contributed by atoms with Crippen LogP contribution in [0.2, 0.25) is 5.02 Å². The lowest BCUT2D eigenvalue weighted by Gasteiger charge is -2.18. The second-order valence-corrected chi connectivity index (χ2v) is 4.67. The Morgan fingerprint density at radius 2 is 2.19 bits per heavy atom. The summed E-state index contributed by atoms with van der Waals surface area (Å²) in [6.45, 7) is 2.59. The third kappa shape index (κ3) is 2.68. The minimum absolute atomic E-state index is 0.0462. The molecular formula is C11H14BrClN2O.